The highest BCUT2D eigenvalue weighted by Crippen LogP contribution is 2.32. The van der Waals surface area contributed by atoms with Crippen LogP contribution in [0.1, 0.15) is 20.7 Å². The number of halogens is 1. The van der Waals surface area contributed by atoms with Crippen molar-refractivity contribution in [3.8, 4) is 11.5 Å². The molecule has 0 fully saturated rings. The van der Waals surface area contributed by atoms with Gasteiger partial charge < -0.3 is 14.6 Å². The third-order valence-electron chi connectivity index (χ3n) is 2.72. The number of hydrogen-bond donors (Lipinski definition) is 1. The van der Waals surface area contributed by atoms with E-state index in [0.717, 1.165) is 0 Å². The SMILES string of the molecule is COc1cccc(C(=O)O)c1OC(=O)c1ccccc1Cl. The number of esters is 1. The van der Waals surface area contributed by atoms with Gasteiger partial charge in [0.15, 0.2) is 11.5 Å². The maximum Gasteiger partial charge on any atom is 0.345 e. The molecular weight excluding hydrogens is 296 g/mol. The molecule has 5 nitrogen and oxygen atoms in total. The summed E-state index contributed by atoms with van der Waals surface area (Å²) in [4.78, 5) is 23.3. The fraction of sp³-hybridized carbons (Fsp3) is 0.0667. The summed E-state index contributed by atoms with van der Waals surface area (Å²) >= 11 is 5.91. The van der Waals surface area contributed by atoms with Gasteiger partial charge >= 0.3 is 11.9 Å². The van der Waals surface area contributed by atoms with Gasteiger partial charge in [-0.15, -0.1) is 0 Å². The minimum Gasteiger partial charge on any atom is -0.493 e. The smallest absolute Gasteiger partial charge is 0.345 e. The molecule has 2 aromatic carbocycles. The van der Waals surface area contributed by atoms with Gasteiger partial charge in [-0.25, -0.2) is 9.59 Å². The maximum absolute atomic E-state index is 12.1. The Labute approximate surface area is 125 Å². The summed E-state index contributed by atoms with van der Waals surface area (Å²) in [5, 5.41) is 9.37. The second-order valence-corrected chi connectivity index (χ2v) is 4.42. The molecule has 6 heteroatoms. The zero-order chi connectivity index (χ0) is 15.4. The predicted molar refractivity (Wildman–Crippen MR) is 76.4 cm³/mol. The number of carboxylic acids is 1. The Hall–Kier alpha value is -2.53. The van der Waals surface area contributed by atoms with Crippen LogP contribution in [0.2, 0.25) is 5.02 Å². The minimum atomic E-state index is -1.23. The zero-order valence-electron chi connectivity index (χ0n) is 11.0. The van der Waals surface area contributed by atoms with Crippen molar-refractivity contribution in [2.75, 3.05) is 7.11 Å². The first kappa shape index (κ1) is 14.9. The van der Waals surface area contributed by atoms with Gasteiger partial charge in [0.2, 0.25) is 0 Å². The molecule has 0 aliphatic heterocycles. The second kappa shape index (κ2) is 6.28. The van der Waals surface area contributed by atoms with E-state index < -0.39 is 11.9 Å². The highest BCUT2D eigenvalue weighted by atomic mass is 35.5. The Balaban J connectivity index is 2.41. The van der Waals surface area contributed by atoms with Crippen molar-refractivity contribution in [1.29, 1.82) is 0 Å². The molecule has 0 saturated heterocycles. The molecule has 0 saturated carbocycles. The first-order chi connectivity index (χ1) is 10.0. The Morgan fingerprint density at radius 1 is 1.05 bits per heavy atom. The van der Waals surface area contributed by atoms with E-state index in [4.69, 9.17) is 26.2 Å². The van der Waals surface area contributed by atoms with Crippen LogP contribution in [0.25, 0.3) is 0 Å². The van der Waals surface area contributed by atoms with Crippen LogP contribution in [-0.4, -0.2) is 24.2 Å². The minimum absolute atomic E-state index is 0.140. The van der Waals surface area contributed by atoms with Gasteiger partial charge in [0.05, 0.1) is 17.7 Å². The van der Waals surface area contributed by atoms with Gasteiger partial charge in [-0.05, 0) is 24.3 Å². The van der Waals surface area contributed by atoms with Crippen LogP contribution < -0.4 is 9.47 Å². The van der Waals surface area contributed by atoms with E-state index in [9.17, 15) is 9.59 Å². The number of aromatic carboxylic acids is 1. The molecule has 0 bridgehead atoms. The van der Waals surface area contributed by atoms with Gasteiger partial charge in [0.25, 0.3) is 0 Å². The number of ether oxygens (including phenoxy) is 2. The number of carbonyl (C=O) groups is 2. The molecule has 0 radical (unpaired) electrons. The van der Waals surface area contributed by atoms with E-state index in [0.29, 0.717) is 0 Å². The lowest BCUT2D eigenvalue weighted by molar-refractivity contribution is 0.0678. The lowest BCUT2D eigenvalue weighted by Crippen LogP contribution is -2.13. The largest absolute Gasteiger partial charge is 0.493 e. The molecule has 1 N–H and O–H groups in total. The van der Waals surface area contributed by atoms with Crippen LogP contribution >= 0.6 is 11.6 Å². The normalized spacial score (nSPS) is 10.0. The number of para-hydroxylation sites is 1. The summed E-state index contributed by atoms with van der Waals surface area (Å²) in [5.74, 6) is -1.99. The first-order valence-electron chi connectivity index (χ1n) is 5.91. The molecule has 0 atom stereocenters. The fourth-order valence-electron chi connectivity index (χ4n) is 1.72. The molecule has 0 aliphatic carbocycles. The van der Waals surface area contributed by atoms with Gasteiger partial charge in [-0.1, -0.05) is 29.8 Å². The Morgan fingerprint density at radius 3 is 2.33 bits per heavy atom. The molecule has 0 amide bonds. The van der Waals surface area contributed by atoms with Crippen LogP contribution in [0.4, 0.5) is 0 Å². The van der Waals surface area contributed by atoms with Crippen molar-refractivity contribution in [2.45, 2.75) is 0 Å². The van der Waals surface area contributed by atoms with Gasteiger partial charge in [-0.3, -0.25) is 0 Å². The van der Waals surface area contributed by atoms with E-state index in [1.54, 1.807) is 18.2 Å². The number of hydrogen-bond acceptors (Lipinski definition) is 4. The van der Waals surface area contributed by atoms with Crippen LogP contribution in [0.15, 0.2) is 42.5 Å². The van der Waals surface area contributed by atoms with E-state index >= 15 is 0 Å². The standard InChI is InChI=1S/C15H11ClO5/c1-20-12-8-4-6-10(14(17)18)13(12)21-15(19)9-5-2-3-7-11(9)16/h2-8H,1H3,(H,17,18). The summed E-state index contributed by atoms with van der Waals surface area (Å²) in [5.41, 5.74) is -0.0313. The van der Waals surface area contributed by atoms with E-state index in [1.807, 2.05) is 0 Å². The number of rotatable bonds is 4. The van der Waals surface area contributed by atoms with Gasteiger partial charge in [0.1, 0.15) is 5.56 Å². The number of methoxy groups -OCH3 is 1. The molecule has 108 valence electrons. The molecule has 0 aromatic heterocycles. The van der Waals surface area contributed by atoms with Crippen LogP contribution in [0, 0.1) is 0 Å². The molecule has 0 aliphatic rings. The average Bonchev–Trinajstić information content (AvgIpc) is 2.47. The average molecular weight is 307 g/mol. The third-order valence-corrected chi connectivity index (χ3v) is 3.05. The second-order valence-electron chi connectivity index (χ2n) is 4.01. The van der Waals surface area contributed by atoms with Crippen LogP contribution in [-0.2, 0) is 0 Å². The molecule has 2 aromatic rings. The highest BCUT2D eigenvalue weighted by molar-refractivity contribution is 6.33. The van der Waals surface area contributed by atoms with Crippen molar-refractivity contribution >= 4 is 23.5 Å². The lowest BCUT2D eigenvalue weighted by atomic mass is 10.2. The van der Waals surface area contributed by atoms with Gasteiger partial charge in [0, 0.05) is 0 Å². The number of carboxylic acid groups (broad SMARTS) is 1. The number of carbonyl (C=O) groups excluding carboxylic acids is 1. The zero-order valence-corrected chi connectivity index (χ0v) is 11.8. The molecule has 2 rings (SSSR count). The van der Waals surface area contributed by atoms with Crippen molar-refractivity contribution < 1.29 is 24.2 Å². The Morgan fingerprint density at radius 2 is 1.71 bits per heavy atom. The summed E-state index contributed by atoms with van der Waals surface area (Å²) in [7, 11) is 1.35. The first-order valence-corrected chi connectivity index (χ1v) is 6.29. The summed E-state index contributed by atoms with van der Waals surface area (Å²) < 4.78 is 10.2. The lowest BCUT2D eigenvalue weighted by Gasteiger charge is -2.12. The quantitative estimate of drug-likeness (QED) is 0.693. The van der Waals surface area contributed by atoms with E-state index in [2.05, 4.69) is 0 Å². The monoisotopic (exact) mass is 306 g/mol. The summed E-state index contributed by atoms with van der Waals surface area (Å²) in [6, 6.07) is 10.6. The van der Waals surface area contributed by atoms with Crippen LogP contribution in [0.5, 0.6) is 11.5 Å². The summed E-state index contributed by atoms with van der Waals surface area (Å²) in [6.45, 7) is 0. The molecule has 21 heavy (non-hydrogen) atoms. The molecule has 0 spiro atoms. The molecule has 0 unspecified atom stereocenters. The van der Waals surface area contributed by atoms with Crippen molar-refractivity contribution in [2.24, 2.45) is 0 Å². The summed E-state index contributed by atoms with van der Waals surface area (Å²) in [6.07, 6.45) is 0. The van der Waals surface area contributed by atoms with Crippen LogP contribution in [0.3, 0.4) is 0 Å². The number of benzene rings is 2. The Kier molecular flexibility index (Phi) is 4.45. The predicted octanol–water partition coefficient (Wildman–Crippen LogP) is 3.27. The van der Waals surface area contributed by atoms with Crippen molar-refractivity contribution in [3.63, 3.8) is 0 Å². The molecule has 0 heterocycles. The van der Waals surface area contributed by atoms with Crippen molar-refractivity contribution in [1.82, 2.24) is 0 Å². The van der Waals surface area contributed by atoms with E-state index in [1.165, 1.54) is 31.4 Å². The topological polar surface area (TPSA) is 72.8 Å². The fourth-order valence-corrected chi connectivity index (χ4v) is 1.94. The Bertz CT molecular complexity index is 696. The maximum atomic E-state index is 12.1. The van der Waals surface area contributed by atoms with Gasteiger partial charge in [-0.2, -0.15) is 0 Å². The van der Waals surface area contributed by atoms with E-state index in [-0.39, 0.29) is 27.6 Å². The highest BCUT2D eigenvalue weighted by Gasteiger charge is 2.21. The van der Waals surface area contributed by atoms with Crippen molar-refractivity contribution in [3.05, 3.63) is 58.6 Å². The molecular formula is C15H11ClO5. The third kappa shape index (κ3) is 3.14.